The number of piperidine rings is 1. The van der Waals surface area contributed by atoms with Gasteiger partial charge in [-0.15, -0.1) is 0 Å². The fourth-order valence-corrected chi connectivity index (χ4v) is 6.26. The monoisotopic (exact) mass is 339 g/mol. The van der Waals surface area contributed by atoms with Crippen LogP contribution in [-0.4, -0.2) is 18.2 Å². The first kappa shape index (κ1) is 16.8. The van der Waals surface area contributed by atoms with Gasteiger partial charge in [0.2, 0.25) is 5.91 Å². The average molecular weight is 339 g/mol. The Labute approximate surface area is 150 Å². The van der Waals surface area contributed by atoms with Crippen molar-refractivity contribution in [2.24, 2.45) is 29.1 Å². The lowest BCUT2D eigenvalue weighted by Gasteiger charge is -2.56. The lowest BCUT2D eigenvalue weighted by Crippen LogP contribution is -2.66. The molecule has 25 heavy (non-hydrogen) atoms. The molecule has 1 saturated heterocycles. The van der Waals surface area contributed by atoms with E-state index in [1.165, 1.54) is 19.3 Å². The summed E-state index contributed by atoms with van der Waals surface area (Å²) < 4.78 is 0. The van der Waals surface area contributed by atoms with Crippen LogP contribution in [0.3, 0.4) is 0 Å². The lowest BCUT2D eigenvalue weighted by atomic mass is 9.47. The number of Topliss-reactive ketones (excluding diaryl/α,β-unsaturated/α-hetero) is 1. The minimum atomic E-state index is -0.818. The van der Waals surface area contributed by atoms with Crippen molar-refractivity contribution in [2.45, 2.75) is 51.9 Å². The summed E-state index contributed by atoms with van der Waals surface area (Å²) in [6.45, 7) is 4.85. The predicted molar refractivity (Wildman–Crippen MR) is 98.0 cm³/mol. The number of benzene rings is 1. The lowest BCUT2D eigenvalue weighted by molar-refractivity contribution is -0.167. The van der Waals surface area contributed by atoms with Gasteiger partial charge >= 0.3 is 0 Å². The van der Waals surface area contributed by atoms with E-state index < -0.39 is 5.41 Å². The number of fused-ring (bicyclic) bond motifs is 2. The third-order valence-corrected chi connectivity index (χ3v) is 7.40. The Kier molecular flexibility index (Phi) is 4.21. The van der Waals surface area contributed by atoms with Gasteiger partial charge in [0, 0.05) is 6.54 Å². The number of carbonyl (C=O) groups is 2. The predicted octanol–water partition coefficient (Wildman–Crippen LogP) is 3.94. The minimum absolute atomic E-state index is 0.0145. The van der Waals surface area contributed by atoms with Crippen molar-refractivity contribution < 1.29 is 9.59 Å². The van der Waals surface area contributed by atoms with E-state index in [4.69, 9.17) is 0 Å². The summed E-state index contributed by atoms with van der Waals surface area (Å²) in [5.41, 5.74) is 0.228. The SMILES string of the molecule is C[C@@H]1CCC[C@H]2CC[C@@H](C)[C@]3(C(=O)NC[C@H](c4ccccc4)C3=O)[C@H]21. The molecule has 3 nitrogen and oxygen atoms in total. The van der Waals surface area contributed by atoms with E-state index in [1.807, 2.05) is 30.3 Å². The topological polar surface area (TPSA) is 46.2 Å². The van der Waals surface area contributed by atoms with Crippen molar-refractivity contribution in [2.75, 3.05) is 6.54 Å². The Morgan fingerprint density at radius 3 is 2.52 bits per heavy atom. The summed E-state index contributed by atoms with van der Waals surface area (Å²) in [6, 6.07) is 10.0. The third-order valence-electron chi connectivity index (χ3n) is 7.40. The summed E-state index contributed by atoms with van der Waals surface area (Å²) in [6.07, 6.45) is 5.74. The average Bonchev–Trinajstić information content (AvgIpc) is 2.62. The van der Waals surface area contributed by atoms with Crippen molar-refractivity contribution in [3.05, 3.63) is 35.9 Å². The van der Waals surface area contributed by atoms with E-state index in [2.05, 4.69) is 19.2 Å². The highest BCUT2D eigenvalue weighted by Crippen LogP contribution is 2.58. The Hall–Kier alpha value is -1.64. The summed E-state index contributed by atoms with van der Waals surface area (Å²) in [5.74, 6) is 1.33. The Morgan fingerprint density at radius 2 is 1.76 bits per heavy atom. The summed E-state index contributed by atoms with van der Waals surface area (Å²) >= 11 is 0. The molecule has 0 radical (unpaired) electrons. The fraction of sp³-hybridized carbons (Fsp3) is 0.636. The molecule has 1 N–H and O–H groups in total. The van der Waals surface area contributed by atoms with Gasteiger partial charge < -0.3 is 5.32 Å². The number of hydrogen-bond donors (Lipinski definition) is 1. The van der Waals surface area contributed by atoms with Crippen LogP contribution in [0.4, 0.5) is 0 Å². The van der Waals surface area contributed by atoms with Gasteiger partial charge in [-0.2, -0.15) is 0 Å². The molecule has 2 aliphatic carbocycles. The second kappa shape index (κ2) is 6.26. The molecular weight excluding hydrogens is 310 g/mol. The van der Waals surface area contributed by atoms with Crippen LogP contribution in [0, 0.1) is 29.1 Å². The highest BCUT2D eigenvalue weighted by Gasteiger charge is 2.63. The largest absolute Gasteiger partial charge is 0.354 e. The van der Waals surface area contributed by atoms with Gasteiger partial charge in [0.05, 0.1) is 5.92 Å². The molecule has 0 unspecified atom stereocenters. The highest BCUT2D eigenvalue weighted by molar-refractivity contribution is 6.11. The van der Waals surface area contributed by atoms with Crippen molar-refractivity contribution in [3.8, 4) is 0 Å². The zero-order chi connectivity index (χ0) is 17.6. The molecule has 3 aliphatic rings. The van der Waals surface area contributed by atoms with E-state index in [0.717, 1.165) is 18.4 Å². The Morgan fingerprint density at radius 1 is 1.00 bits per heavy atom. The normalized spacial score (nSPS) is 41.3. The van der Waals surface area contributed by atoms with Crippen LogP contribution in [0.15, 0.2) is 30.3 Å². The van der Waals surface area contributed by atoms with Gasteiger partial charge in [0.1, 0.15) is 5.41 Å². The zero-order valence-corrected chi connectivity index (χ0v) is 15.3. The standard InChI is InChI=1S/C22H29NO2/c1-14-7-6-10-17-12-11-15(2)22(19(14)17)20(24)18(13-23-21(22)25)16-8-4-3-5-9-16/h3-5,8-9,14-15,17-19H,6-7,10-13H2,1-2H3,(H,23,25)/t14-,15-,17+,18-,19+,22+/m1/s1. The van der Waals surface area contributed by atoms with Crippen LogP contribution in [0.5, 0.6) is 0 Å². The zero-order valence-electron chi connectivity index (χ0n) is 15.3. The molecule has 1 spiro atoms. The number of nitrogens with one attached hydrogen (secondary N) is 1. The molecule has 1 aromatic carbocycles. The molecule has 1 heterocycles. The maximum Gasteiger partial charge on any atom is 0.234 e. The Balaban J connectivity index is 1.80. The molecule has 1 aromatic rings. The molecule has 4 rings (SSSR count). The highest BCUT2D eigenvalue weighted by atomic mass is 16.2. The second-order valence-electron chi connectivity index (χ2n) is 8.58. The first-order chi connectivity index (χ1) is 12.1. The second-order valence-corrected chi connectivity index (χ2v) is 8.58. The van der Waals surface area contributed by atoms with Crippen molar-refractivity contribution in [1.82, 2.24) is 5.32 Å². The van der Waals surface area contributed by atoms with Crippen LogP contribution in [-0.2, 0) is 9.59 Å². The number of carbonyl (C=O) groups excluding carboxylic acids is 2. The maximum atomic E-state index is 13.9. The van der Waals surface area contributed by atoms with Crippen LogP contribution in [0.1, 0.15) is 57.4 Å². The van der Waals surface area contributed by atoms with Gasteiger partial charge in [-0.3, -0.25) is 9.59 Å². The van der Waals surface area contributed by atoms with E-state index in [-0.39, 0.29) is 29.4 Å². The van der Waals surface area contributed by atoms with E-state index in [9.17, 15) is 9.59 Å². The van der Waals surface area contributed by atoms with Crippen LogP contribution in [0.2, 0.25) is 0 Å². The van der Waals surface area contributed by atoms with Gasteiger partial charge in [-0.05, 0) is 42.1 Å². The number of rotatable bonds is 1. The van der Waals surface area contributed by atoms with Gasteiger partial charge in [0.25, 0.3) is 0 Å². The molecule has 0 bridgehead atoms. The molecule has 3 heteroatoms. The van der Waals surface area contributed by atoms with Gasteiger partial charge in [0.15, 0.2) is 5.78 Å². The van der Waals surface area contributed by atoms with Gasteiger partial charge in [-0.1, -0.05) is 63.4 Å². The first-order valence-electron chi connectivity index (χ1n) is 9.94. The molecule has 3 fully saturated rings. The molecule has 6 atom stereocenters. The van der Waals surface area contributed by atoms with Crippen molar-refractivity contribution in [3.63, 3.8) is 0 Å². The number of ketones is 1. The van der Waals surface area contributed by atoms with E-state index in [0.29, 0.717) is 18.4 Å². The maximum absolute atomic E-state index is 13.9. The summed E-state index contributed by atoms with van der Waals surface area (Å²) in [4.78, 5) is 27.1. The van der Waals surface area contributed by atoms with Gasteiger partial charge in [-0.25, -0.2) is 0 Å². The molecular formula is C22H29NO2. The minimum Gasteiger partial charge on any atom is -0.354 e. The third kappa shape index (κ3) is 2.38. The van der Waals surface area contributed by atoms with E-state index >= 15 is 0 Å². The fourth-order valence-electron chi connectivity index (χ4n) is 6.26. The van der Waals surface area contributed by atoms with Crippen LogP contribution >= 0.6 is 0 Å². The molecule has 2 saturated carbocycles. The van der Waals surface area contributed by atoms with Crippen molar-refractivity contribution >= 4 is 11.7 Å². The number of amides is 1. The molecule has 1 aliphatic heterocycles. The van der Waals surface area contributed by atoms with Crippen LogP contribution < -0.4 is 5.32 Å². The van der Waals surface area contributed by atoms with Crippen LogP contribution in [0.25, 0.3) is 0 Å². The quantitative estimate of drug-likeness (QED) is 0.788. The smallest absolute Gasteiger partial charge is 0.234 e. The molecule has 1 amide bonds. The first-order valence-corrected chi connectivity index (χ1v) is 9.94. The molecule has 0 aromatic heterocycles. The van der Waals surface area contributed by atoms with Crippen molar-refractivity contribution in [1.29, 1.82) is 0 Å². The van der Waals surface area contributed by atoms with E-state index in [1.54, 1.807) is 0 Å². The Bertz CT molecular complexity index is 670. The summed E-state index contributed by atoms with van der Waals surface area (Å²) in [5, 5.41) is 3.15. The number of hydrogen-bond acceptors (Lipinski definition) is 2. The summed E-state index contributed by atoms with van der Waals surface area (Å²) in [7, 11) is 0. The molecule has 134 valence electrons.